The molecular formula is C15H19N3O2S. The minimum Gasteiger partial charge on any atom is -0.399 e. The Balaban J connectivity index is 2.32. The van der Waals surface area contributed by atoms with E-state index in [1.54, 1.807) is 6.07 Å². The first-order valence-electron chi connectivity index (χ1n) is 6.65. The summed E-state index contributed by atoms with van der Waals surface area (Å²) in [5, 5.41) is 8.46. The molecular weight excluding hydrogens is 286 g/mol. The highest BCUT2D eigenvalue weighted by atomic mass is 32.2. The van der Waals surface area contributed by atoms with Crippen LogP contribution in [-0.2, 0) is 10.0 Å². The monoisotopic (exact) mass is 305 g/mol. The van der Waals surface area contributed by atoms with Crippen molar-refractivity contribution >= 4 is 21.4 Å². The Bertz CT molecular complexity index is 715. The largest absolute Gasteiger partial charge is 0.399 e. The van der Waals surface area contributed by atoms with Gasteiger partial charge in [0.15, 0.2) is 0 Å². The fourth-order valence-electron chi connectivity index (χ4n) is 2.18. The van der Waals surface area contributed by atoms with E-state index in [0.29, 0.717) is 11.4 Å². The number of sulfonamides is 1. The Hall–Kier alpha value is -2.05. The number of primary sulfonamides is 1. The van der Waals surface area contributed by atoms with Crippen LogP contribution in [0, 0.1) is 0 Å². The van der Waals surface area contributed by atoms with Gasteiger partial charge < -0.3 is 11.1 Å². The average Bonchev–Trinajstić information content (AvgIpc) is 2.44. The molecule has 0 saturated carbocycles. The van der Waals surface area contributed by atoms with E-state index in [2.05, 4.69) is 12.2 Å². The van der Waals surface area contributed by atoms with Crippen LogP contribution in [0.1, 0.15) is 24.9 Å². The summed E-state index contributed by atoms with van der Waals surface area (Å²) < 4.78 is 22.9. The molecule has 0 fully saturated rings. The number of nitrogen functional groups attached to an aromatic ring is 1. The molecule has 0 bridgehead atoms. The summed E-state index contributed by atoms with van der Waals surface area (Å²) in [4.78, 5) is 0.00733. The number of benzene rings is 2. The molecule has 2 aromatic carbocycles. The minimum atomic E-state index is -3.77. The van der Waals surface area contributed by atoms with E-state index in [1.165, 1.54) is 12.1 Å². The van der Waals surface area contributed by atoms with Gasteiger partial charge in [-0.3, -0.25) is 0 Å². The van der Waals surface area contributed by atoms with Gasteiger partial charge in [0, 0.05) is 11.4 Å². The molecule has 1 unspecified atom stereocenters. The summed E-state index contributed by atoms with van der Waals surface area (Å²) in [7, 11) is -3.77. The first-order chi connectivity index (χ1) is 9.90. The van der Waals surface area contributed by atoms with Gasteiger partial charge in [-0.2, -0.15) is 0 Å². The number of nitrogens with two attached hydrogens (primary N) is 2. The van der Waals surface area contributed by atoms with E-state index in [9.17, 15) is 8.42 Å². The summed E-state index contributed by atoms with van der Waals surface area (Å²) in [5.74, 6) is 0. The standard InChI is InChI=1S/C15H19N3O2S/c1-2-15(11-6-4-3-5-7-11)18-13-8-12(16)9-14(10-13)21(17,19)20/h3-10,15,18H,2,16H2,1H3,(H2,17,19,20). The molecule has 0 amide bonds. The molecule has 0 heterocycles. The van der Waals surface area contributed by atoms with E-state index in [1.807, 2.05) is 30.3 Å². The van der Waals surface area contributed by atoms with Gasteiger partial charge in [0.25, 0.3) is 0 Å². The summed E-state index contributed by atoms with van der Waals surface area (Å²) >= 11 is 0. The molecule has 1 atom stereocenters. The maximum atomic E-state index is 11.5. The van der Waals surface area contributed by atoms with Crippen LogP contribution in [0.2, 0.25) is 0 Å². The predicted molar refractivity (Wildman–Crippen MR) is 85.3 cm³/mol. The maximum absolute atomic E-state index is 11.5. The highest BCUT2D eigenvalue weighted by molar-refractivity contribution is 7.89. The summed E-state index contributed by atoms with van der Waals surface area (Å²) in [6.07, 6.45) is 0.851. The van der Waals surface area contributed by atoms with E-state index < -0.39 is 10.0 Å². The molecule has 0 aliphatic rings. The van der Waals surface area contributed by atoms with Crippen molar-refractivity contribution in [1.29, 1.82) is 0 Å². The lowest BCUT2D eigenvalue weighted by molar-refractivity contribution is 0.598. The van der Waals surface area contributed by atoms with Gasteiger partial charge >= 0.3 is 0 Å². The van der Waals surface area contributed by atoms with Crippen molar-refractivity contribution in [3.05, 3.63) is 54.1 Å². The van der Waals surface area contributed by atoms with Crippen LogP contribution in [0.4, 0.5) is 11.4 Å². The first kappa shape index (κ1) is 15.3. The van der Waals surface area contributed by atoms with Crippen molar-refractivity contribution in [3.63, 3.8) is 0 Å². The summed E-state index contributed by atoms with van der Waals surface area (Å²) in [6, 6.07) is 14.5. The van der Waals surface area contributed by atoms with E-state index in [4.69, 9.17) is 10.9 Å². The van der Waals surface area contributed by atoms with E-state index in [0.717, 1.165) is 12.0 Å². The zero-order valence-electron chi connectivity index (χ0n) is 11.8. The molecule has 5 nitrogen and oxygen atoms in total. The van der Waals surface area contributed by atoms with E-state index in [-0.39, 0.29) is 10.9 Å². The Morgan fingerprint density at radius 3 is 2.38 bits per heavy atom. The number of anilines is 2. The lowest BCUT2D eigenvalue weighted by atomic mass is 10.0. The number of nitrogens with one attached hydrogen (secondary N) is 1. The van der Waals surface area contributed by atoms with Crippen LogP contribution in [0.15, 0.2) is 53.4 Å². The van der Waals surface area contributed by atoms with Crippen molar-refractivity contribution < 1.29 is 8.42 Å². The fraction of sp³-hybridized carbons (Fsp3) is 0.200. The van der Waals surface area contributed by atoms with Crippen LogP contribution in [0.3, 0.4) is 0 Å². The maximum Gasteiger partial charge on any atom is 0.238 e. The van der Waals surface area contributed by atoms with Crippen molar-refractivity contribution in [2.75, 3.05) is 11.1 Å². The zero-order valence-corrected chi connectivity index (χ0v) is 12.6. The Kier molecular flexibility index (Phi) is 4.50. The van der Waals surface area contributed by atoms with Crippen LogP contribution >= 0.6 is 0 Å². The van der Waals surface area contributed by atoms with Crippen molar-refractivity contribution in [2.24, 2.45) is 5.14 Å². The first-order valence-corrected chi connectivity index (χ1v) is 8.19. The lowest BCUT2D eigenvalue weighted by Gasteiger charge is -2.19. The summed E-state index contributed by atoms with van der Waals surface area (Å²) in [5.41, 5.74) is 7.86. The van der Waals surface area contributed by atoms with Gasteiger partial charge in [0.05, 0.1) is 10.9 Å². The van der Waals surface area contributed by atoms with Gasteiger partial charge in [0.2, 0.25) is 10.0 Å². The highest BCUT2D eigenvalue weighted by Gasteiger charge is 2.13. The molecule has 5 N–H and O–H groups in total. The van der Waals surface area contributed by atoms with Gasteiger partial charge in [-0.1, -0.05) is 37.3 Å². The van der Waals surface area contributed by atoms with E-state index >= 15 is 0 Å². The molecule has 0 radical (unpaired) electrons. The average molecular weight is 305 g/mol. The third-order valence-corrected chi connectivity index (χ3v) is 4.10. The number of hydrogen-bond acceptors (Lipinski definition) is 4. The topological polar surface area (TPSA) is 98.2 Å². The highest BCUT2D eigenvalue weighted by Crippen LogP contribution is 2.26. The Morgan fingerprint density at radius 1 is 1.14 bits per heavy atom. The lowest BCUT2D eigenvalue weighted by Crippen LogP contribution is -2.14. The Labute approximate surface area is 125 Å². The molecule has 0 aliphatic heterocycles. The molecule has 0 aromatic heterocycles. The van der Waals surface area contributed by atoms with Crippen molar-refractivity contribution in [1.82, 2.24) is 0 Å². The third kappa shape index (κ3) is 3.96. The molecule has 0 aliphatic carbocycles. The van der Waals surface area contributed by atoms with Crippen LogP contribution in [0.25, 0.3) is 0 Å². The van der Waals surface area contributed by atoms with Gasteiger partial charge in [-0.15, -0.1) is 0 Å². The predicted octanol–water partition coefficient (Wildman–Crippen LogP) is 2.48. The second-order valence-corrected chi connectivity index (χ2v) is 6.41. The minimum absolute atomic E-state index is 0.00733. The third-order valence-electron chi connectivity index (χ3n) is 3.21. The number of rotatable bonds is 5. The molecule has 2 rings (SSSR count). The quantitative estimate of drug-likeness (QED) is 0.739. The molecule has 0 saturated heterocycles. The van der Waals surface area contributed by atoms with Crippen LogP contribution in [-0.4, -0.2) is 8.42 Å². The smallest absolute Gasteiger partial charge is 0.238 e. The zero-order chi connectivity index (χ0) is 15.5. The van der Waals surface area contributed by atoms with Gasteiger partial charge in [-0.05, 0) is 30.2 Å². The molecule has 2 aromatic rings. The fourth-order valence-corrected chi connectivity index (χ4v) is 2.77. The van der Waals surface area contributed by atoms with Gasteiger partial charge in [-0.25, -0.2) is 13.6 Å². The van der Waals surface area contributed by atoms with Crippen molar-refractivity contribution in [3.8, 4) is 0 Å². The molecule has 0 spiro atoms. The molecule has 112 valence electrons. The summed E-state index contributed by atoms with van der Waals surface area (Å²) in [6.45, 7) is 2.05. The van der Waals surface area contributed by atoms with Crippen LogP contribution in [0.5, 0.6) is 0 Å². The second-order valence-electron chi connectivity index (χ2n) is 4.85. The SMILES string of the molecule is CCC(Nc1cc(N)cc(S(N)(=O)=O)c1)c1ccccc1. The Morgan fingerprint density at radius 2 is 1.81 bits per heavy atom. The van der Waals surface area contributed by atoms with Crippen LogP contribution < -0.4 is 16.2 Å². The van der Waals surface area contributed by atoms with Crippen molar-refractivity contribution in [2.45, 2.75) is 24.3 Å². The van der Waals surface area contributed by atoms with Gasteiger partial charge in [0.1, 0.15) is 0 Å². The number of hydrogen-bond donors (Lipinski definition) is 3. The normalized spacial score (nSPS) is 12.9. The molecule has 6 heteroatoms. The second kappa shape index (κ2) is 6.15. The molecule has 21 heavy (non-hydrogen) atoms.